The summed E-state index contributed by atoms with van der Waals surface area (Å²) < 4.78 is 4.35. The zero-order valence-corrected chi connectivity index (χ0v) is 12.8. The summed E-state index contributed by atoms with van der Waals surface area (Å²) in [6.45, 7) is 0. The number of imidazole rings is 1. The summed E-state index contributed by atoms with van der Waals surface area (Å²) >= 11 is 3.60. The molecule has 2 aromatic rings. The van der Waals surface area contributed by atoms with Gasteiger partial charge >= 0.3 is 5.69 Å². The SMILES string of the molecule is Cn1c(=O)n(C)c2cc(C(N)C3CCC3)c(Br)cc21. The lowest BCUT2D eigenvalue weighted by Gasteiger charge is -2.32. The van der Waals surface area contributed by atoms with Crippen molar-refractivity contribution in [2.75, 3.05) is 0 Å². The molecular formula is C14H18BrN3O. The number of halogens is 1. The van der Waals surface area contributed by atoms with E-state index in [0.29, 0.717) is 5.92 Å². The summed E-state index contributed by atoms with van der Waals surface area (Å²) in [7, 11) is 3.60. The Morgan fingerprint density at radius 3 is 2.37 bits per heavy atom. The van der Waals surface area contributed by atoms with Gasteiger partial charge in [0.2, 0.25) is 0 Å². The van der Waals surface area contributed by atoms with E-state index in [-0.39, 0.29) is 11.7 Å². The minimum Gasteiger partial charge on any atom is -0.324 e. The summed E-state index contributed by atoms with van der Waals surface area (Å²) in [5.41, 5.74) is 9.35. The van der Waals surface area contributed by atoms with Gasteiger partial charge in [-0.15, -0.1) is 0 Å². The van der Waals surface area contributed by atoms with Gasteiger partial charge in [-0.05, 0) is 36.5 Å². The lowest BCUT2D eigenvalue weighted by atomic mass is 9.77. The number of fused-ring (bicyclic) bond motifs is 1. The molecule has 2 N–H and O–H groups in total. The number of hydrogen-bond acceptors (Lipinski definition) is 2. The van der Waals surface area contributed by atoms with Crippen LogP contribution in [0.3, 0.4) is 0 Å². The number of benzene rings is 1. The maximum atomic E-state index is 12.0. The van der Waals surface area contributed by atoms with Crippen molar-refractivity contribution < 1.29 is 0 Å². The number of nitrogens with zero attached hydrogens (tertiary/aromatic N) is 2. The molecule has 0 radical (unpaired) electrons. The van der Waals surface area contributed by atoms with Crippen molar-refractivity contribution in [3.63, 3.8) is 0 Å². The molecule has 1 heterocycles. The molecule has 4 nitrogen and oxygen atoms in total. The molecule has 1 saturated carbocycles. The number of aryl methyl sites for hydroxylation is 2. The number of hydrogen-bond donors (Lipinski definition) is 1. The van der Waals surface area contributed by atoms with E-state index in [4.69, 9.17) is 5.73 Å². The molecule has 0 aliphatic heterocycles. The summed E-state index contributed by atoms with van der Waals surface area (Å²) in [6.07, 6.45) is 3.70. The molecule has 1 aliphatic rings. The molecule has 0 spiro atoms. The van der Waals surface area contributed by atoms with Crippen LogP contribution in [-0.2, 0) is 14.1 Å². The Morgan fingerprint density at radius 1 is 1.26 bits per heavy atom. The van der Waals surface area contributed by atoms with Crippen LogP contribution in [-0.4, -0.2) is 9.13 Å². The molecule has 1 aliphatic carbocycles. The van der Waals surface area contributed by atoms with Gasteiger partial charge in [0, 0.05) is 24.6 Å². The highest BCUT2D eigenvalue weighted by molar-refractivity contribution is 9.10. The summed E-state index contributed by atoms with van der Waals surface area (Å²) in [5.74, 6) is 0.578. The molecule has 0 saturated heterocycles. The quantitative estimate of drug-likeness (QED) is 0.922. The molecule has 1 aromatic carbocycles. The van der Waals surface area contributed by atoms with Gasteiger partial charge in [-0.2, -0.15) is 0 Å². The maximum absolute atomic E-state index is 12.0. The molecule has 1 fully saturated rings. The van der Waals surface area contributed by atoms with Crippen molar-refractivity contribution in [3.8, 4) is 0 Å². The predicted molar refractivity (Wildman–Crippen MR) is 80.1 cm³/mol. The molecule has 1 aromatic heterocycles. The fourth-order valence-corrected chi connectivity index (χ4v) is 3.44. The Kier molecular flexibility index (Phi) is 3.06. The normalized spacial score (nSPS) is 17.7. The van der Waals surface area contributed by atoms with Gasteiger partial charge in [0.25, 0.3) is 0 Å². The van der Waals surface area contributed by atoms with Crippen LogP contribution in [0.25, 0.3) is 11.0 Å². The van der Waals surface area contributed by atoms with Crippen molar-refractivity contribution in [2.45, 2.75) is 25.3 Å². The molecule has 3 rings (SSSR count). The fraction of sp³-hybridized carbons (Fsp3) is 0.500. The predicted octanol–water partition coefficient (Wildman–Crippen LogP) is 2.44. The lowest BCUT2D eigenvalue weighted by molar-refractivity contribution is 0.264. The van der Waals surface area contributed by atoms with E-state index < -0.39 is 0 Å². The van der Waals surface area contributed by atoms with Crippen LogP contribution in [0.2, 0.25) is 0 Å². The van der Waals surface area contributed by atoms with Gasteiger partial charge in [0.1, 0.15) is 0 Å². The number of rotatable bonds is 2. The highest BCUT2D eigenvalue weighted by Gasteiger charge is 2.27. The standard InChI is InChI=1S/C14H18BrN3O/c1-17-11-6-9(13(16)8-4-3-5-8)10(15)7-12(11)18(2)14(17)19/h6-8,13H,3-5,16H2,1-2H3. The van der Waals surface area contributed by atoms with E-state index in [1.54, 1.807) is 23.2 Å². The van der Waals surface area contributed by atoms with Gasteiger partial charge in [0.15, 0.2) is 0 Å². The summed E-state index contributed by atoms with van der Waals surface area (Å²) in [6, 6.07) is 4.12. The zero-order valence-electron chi connectivity index (χ0n) is 11.2. The van der Waals surface area contributed by atoms with Crippen molar-refractivity contribution in [2.24, 2.45) is 25.7 Å². The third-order valence-electron chi connectivity index (χ3n) is 4.41. The van der Waals surface area contributed by atoms with E-state index in [1.165, 1.54) is 19.3 Å². The Bertz CT molecular complexity index is 697. The van der Waals surface area contributed by atoms with Crippen LogP contribution in [0.15, 0.2) is 21.4 Å². The molecule has 0 amide bonds. The Hall–Kier alpha value is -1.07. The van der Waals surface area contributed by atoms with Gasteiger partial charge in [-0.25, -0.2) is 4.79 Å². The van der Waals surface area contributed by atoms with E-state index in [0.717, 1.165) is 21.1 Å². The number of aromatic nitrogens is 2. The minimum absolute atomic E-state index is 0.00346. The van der Waals surface area contributed by atoms with Gasteiger partial charge in [-0.3, -0.25) is 9.13 Å². The number of nitrogens with two attached hydrogens (primary N) is 1. The lowest BCUT2D eigenvalue weighted by Crippen LogP contribution is -2.27. The Labute approximate surface area is 120 Å². The molecule has 1 atom stereocenters. The minimum atomic E-state index is -0.00346. The maximum Gasteiger partial charge on any atom is 0.328 e. The molecule has 5 heteroatoms. The molecular weight excluding hydrogens is 306 g/mol. The third kappa shape index (κ3) is 1.87. The first-order valence-corrected chi connectivity index (χ1v) is 7.40. The highest BCUT2D eigenvalue weighted by Crippen LogP contribution is 2.39. The van der Waals surface area contributed by atoms with E-state index in [2.05, 4.69) is 22.0 Å². The van der Waals surface area contributed by atoms with Crippen LogP contribution in [0.4, 0.5) is 0 Å². The second kappa shape index (κ2) is 4.49. The monoisotopic (exact) mass is 323 g/mol. The van der Waals surface area contributed by atoms with Crippen LogP contribution < -0.4 is 11.4 Å². The highest BCUT2D eigenvalue weighted by atomic mass is 79.9. The fourth-order valence-electron chi connectivity index (χ4n) is 2.84. The van der Waals surface area contributed by atoms with Crippen LogP contribution in [0.1, 0.15) is 30.9 Å². The van der Waals surface area contributed by atoms with Crippen molar-refractivity contribution in [3.05, 3.63) is 32.7 Å². The second-order valence-electron chi connectivity index (χ2n) is 5.48. The van der Waals surface area contributed by atoms with Crippen LogP contribution in [0, 0.1) is 5.92 Å². The first-order chi connectivity index (χ1) is 9.00. The average Bonchev–Trinajstić information content (AvgIpc) is 2.51. The molecule has 102 valence electrons. The van der Waals surface area contributed by atoms with Gasteiger partial charge in [-0.1, -0.05) is 22.4 Å². The summed E-state index contributed by atoms with van der Waals surface area (Å²) in [5, 5.41) is 0. The smallest absolute Gasteiger partial charge is 0.324 e. The summed E-state index contributed by atoms with van der Waals surface area (Å²) in [4.78, 5) is 12.0. The van der Waals surface area contributed by atoms with Gasteiger partial charge in [0.05, 0.1) is 11.0 Å². The third-order valence-corrected chi connectivity index (χ3v) is 5.09. The average molecular weight is 324 g/mol. The molecule has 19 heavy (non-hydrogen) atoms. The van der Waals surface area contributed by atoms with E-state index in [1.807, 2.05) is 6.07 Å². The van der Waals surface area contributed by atoms with E-state index >= 15 is 0 Å². The largest absolute Gasteiger partial charge is 0.328 e. The molecule has 0 bridgehead atoms. The van der Waals surface area contributed by atoms with Crippen LogP contribution >= 0.6 is 15.9 Å². The second-order valence-corrected chi connectivity index (χ2v) is 6.33. The topological polar surface area (TPSA) is 53.0 Å². The van der Waals surface area contributed by atoms with Crippen LogP contribution in [0.5, 0.6) is 0 Å². The zero-order chi connectivity index (χ0) is 13.7. The van der Waals surface area contributed by atoms with E-state index in [9.17, 15) is 4.79 Å². The Morgan fingerprint density at radius 2 is 1.84 bits per heavy atom. The molecule has 1 unspecified atom stereocenters. The van der Waals surface area contributed by atoms with Crippen molar-refractivity contribution >= 4 is 27.0 Å². The Balaban J connectivity index is 2.18. The van der Waals surface area contributed by atoms with Crippen molar-refractivity contribution in [1.29, 1.82) is 0 Å². The van der Waals surface area contributed by atoms with Gasteiger partial charge < -0.3 is 5.73 Å². The first-order valence-electron chi connectivity index (χ1n) is 6.61. The van der Waals surface area contributed by atoms with Crippen molar-refractivity contribution in [1.82, 2.24) is 9.13 Å². The first kappa shape index (κ1) is 12.9.